The van der Waals surface area contributed by atoms with Gasteiger partial charge in [0.2, 0.25) is 6.79 Å². The summed E-state index contributed by atoms with van der Waals surface area (Å²) in [5.41, 5.74) is 3.72. The maximum Gasteiger partial charge on any atom is 0.338 e. The van der Waals surface area contributed by atoms with Crippen molar-refractivity contribution in [3.63, 3.8) is 0 Å². The van der Waals surface area contributed by atoms with Crippen LogP contribution in [-0.2, 0) is 22.6 Å². The molecule has 0 aromatic heterocycles. The molecule has 0 radical (unpaired) electrons. The van der Waals surface area contributed by atoms with Crippen LogP contribution in [0.4, 0.5) is 4.79 Å². The summed E-state index contributed by atoms with van der Waals surface area (Å²) in [6.45, 7) is 0.120. The second-order valence-corrected chi connectivity index (χ2v) is 8.74. The standard InChI is InChI=1S/C29H22N4O5/c30-14-19-3-1-5-21(11-19)16-36-28(34)26-23(9-7-18-8-10-24-25(13-18)38-17-37-24)32-29(35)33-27(26)22-6-2-4-20(12-22)15-31/h1-6,8,10-13,27H,7,9,16-17H2,(H2,32,33,35). The maximum atomic E-state index is 13.5. The minimum Gasteiger partial charge on any atom is -0.457 e. The number of ether oxygens (including phenoxy) is 3. The summed E-state index contributed by atoms with van der Waals surface area (Å²) >= 11 is 0. The number of esters is 1. The fourth-order valence-corrected chi connectivity index (χ4v) is 4.42. The average molecular weight is 507 g/mol. The molecule has 0 saturated heterocycles. The summed E-state index contributed by atoms with van der Waals surface area (Å²) in [5, 5.41) is 24.1. The van der Waals surface area contributed by atoms with Crippen LogP contribution in [0.15, 0.2) is 78.0 Å². The smallest absolute Gasteiger partial charge is 0.338 e. The van der Waals surface area contributed by atoms with Crippen molar-refractivity contribution in [2.75, 3.05) is 6.79 Å². The van der Waals surface area contributed by atoms with Gasteiger partial charge in [0.15, 0.2) is 11.5 Å². The van der Waals surface area contributed by atoms with Crippen molar-refractivity contribution < 1.29 is 23.8 Å². The first kappa shape index (κ1) is 24.4. The molecule has 0 fully saturated rings. The van der Waals surface area contributed by atoms with Crippen molar-refractivity contribution in [3.8, 4) is 23.6 Å². The molecule has 9 nitrogen and oxygen atoms in total. The molecule has 9 heteroatoms. The Hall–Kier alpha value is -5.28. The molecule has 3 aromatic rings. The number of benzene rings is 3. The lowest BCUT2D eigenvalue weighted by molar-refractivity contribution is -0.140. The number of aryl methyl sites for hydroxylation is 1. The number of hydrogen-bond donors (Lipinski definition) is 2. The first-order chi connectivity index (χ1) is 18.5. The molecule has 1 unspecified atom stereocenters. The van der Waals surface area contributed by atoms with E-state index in [0.717, 1.165) is 5.56 Å². The van der Waals surface area contributed by atoms with Crippen LogP contribution in [0, 0.1) is 22.7 Å². The lowest BCUT2D eigenvalue weighted by atomic mass is 9.92. The molecular formula is C29H22N4O5. The number of amides is 2. The fraction of sp³-hybridized carbons (Fsp3) is 0.172. The molecule has 5 rings (SSSR count). The molecule has 2 N–H and O–H groups in total. The predicted octanol–water partition coefficient (Wildman–Crippen LogP) is 4.14. The van der Waals surface area contributed by atoms with Gasteiger partial charge in [-0.25, -0.2) is 9.59 Å². The molecule has 3 aromatic carbocycles. The third kappa shape index (κ3) is 5.28. The molecule has 2 amide bonds. The summed E-state index contributed by atoms with van der Waals surface area (Å²) in [6, 6.07) is 22.0. The molecule has 2 aliphatic heterocycles. The van der Waals surface area contributed by atoms with Crippen molar-refractivity contribution in [1.82, 2.24) is 10.6 Å². The van der Waals surface area contributed by atoms with E-state index in [0.29, 0.717) is 52.3 Å². The largest absolute Gasteiger partial charge is 0.457 e. The number of fused-ring (bicyclic) bond motifs is 1. The zero-order chi connectivity index (χ0) is 26.5. The Balaban J connectivity index is 1.46. The van der Waals surface area contributed by atoms with Gasteiger partial charge in [-0.15, -0.1) is 0 Å². The van der Waals surface area contributed by atoms with Crippen LogP contribution in [0.5, 0.6) is 11.5 Å². The molecule has 188 valence electrons. The van der Waals surface area contributed by atoms with Gasteiger partial charge in [0.05, 0.1) is 34.9 Å². The highest BCUT2D eigenvalue weighted by atomic mass is 16.7. The number of nitrogens with zero attached hydrogens (tertiary/aromatic N) is 2. The molecule has 1 atom stereocenters. The van der Waals surface area contributed by atoms with Crippen molar-refractivity contribution in [3.05, 3.63) is 106 Å². The Morgan fingerprint density at radius 2 is 1.68 bits per heavy atom. The quantitative estimate of drug-likeness (QED) is 0.460. The number of rotatable bonds is 7. The summed E-state index contributed by atoms with van der Waals surface area (Å²) in [6.07, 6.45) is 0.855. The van der Waals surface area contributed by atoms with Crippen LogP contribution < -0.4 is 20.1 Å². The first-order valence-corrected chi connectivity index (χ1v) is 11.9. The zero-order valence-electron chi connectivity index (χ0n) is 20.2. The van der Waals surface area contributed by atoms with Crippen molar-refractivity contribution in [2.24, 2.45) is 0 Å². The van der Waals surface area contributed by atoms with Gasteiger partial charge in [-0.05, 0) is 65.9 Å². The first-order valence-electron chi connectivity index (χ1n) is 11.9. The van der Waals surface area contributed by atoms with Gasteiger partial charge in [0.1, 0.15) is 6.61 Å². The Morgan fingerprint density at radius 3 is 2.50 bits per heavy atom. The molecule has 0 aliphatic carbocycles. The normalized spacial score (nSPS) is 15.6. The van der Waals surface area contributed by atoms with Gasteiger partial charge in [0, 0.05) is 5.70 Å². The molecule has 2 heterocycles. The molecular weight excluding hydrogens is 484 g/mol. The number of nitriles is 2. The van der Waals surface area contributed by atoms with E-state index < -0.39 is 18.0 Å². The third-order valence-corrected chi connectivity index (χ3v) is 6.25. The van der Waals surface area contributed by atoms with Gasteiger partial charge < -0.3 is 24.8 Å². The van der Waals surface area contributed by atoms with E-state index in [1.165, 1.54) is 0 Å². The second-order valence-electron chi connectivity index (χ2n) is 8.74. The van der Waals surface area contributed by atoms with Gasteiger partial charge in [0.25, 0.3) is 0 Å². The monoisotopic (exact) mass is 506 g/mol. The van der Waals surface area contributed by atoms with Crippen LogP contribution in [0.3, 0.4) is 0 Å². The molecule has 0 spiro atoms. The zero-order valence-corrected chi connectivity index (χ0v) is 20.2. The number of allylic oxidation sites excluding steroid dienone is 1. The Kier molecular flexibility index (Phi) is 6.92. The maximum absolute atomic E-state index is 13.5. The Bertz CT molecular complexity index is 1530. The number of urea groups is 1. The van der Waals surface area contributed by atoms with E-state index in [4.69, 9.17) is 19.5 Å². The average Bonchev–Trinajstić information content (AvgIpc) is 3.42. The van der Waals surface area contributed by atoms with E-state index in [1.54, 1.807) is 48.5 Å². The SMILES string of the molecule is N#Cc1cccc(COC(=O)C2=C(CCc3ccc4c(c3)OCO4)NC(=O)NC2c2cccc(C#N)c2)c1. The fourth-order valence-electron chi connectivity index (χ4n) is 4.42. The van der Waals surface area contributed by atoms with Gasteiger partial charge in [-0.1, -0.05) is 30.3 Å². The topological polar surface area (TPSA) is 133 Å². The van der Waals surface area contributed by atoms with E-state index in [2.05, 4.69) is 22.8 Å². The molecule has 2 aliphatic rings. The Labute approximate surface area is 218 Å². The number of nitrogens with one attached hydrogen (secondary N) is 2. The molecule has 38 heavy (non-hydrogen) atoms. The van der Waals surface area contributed by atoms with Crippen LogP contribution in [0.25, 0.3) is 0 Å². The minimum atomic E-state index is -0.818. The third-order valence-electron chi connectivity index (χ3n) is 6.25. The van der Waals surface area contributed by atoms with Crippen molar-refractivity contribution in [2.45, 2.75) is 25.5 Å². The van der Waals surface area contributed by atoms with Crippen LogP contribution in [0.1, 0.15) is 40.3 Å². The van der Waals surface area contributed by atoms with E-state index in [9.17, 15) is 14.9 Å². The highest BCUT2D eigenvalue weighted by Gasteiger charge is 2.34. The second kappa shape index (κ2) is 10.8. The predicted molar refractivity (Wildman–Crippen MR) is 134 cm³/mol. The van der Waals surface area contributed by atoms with Gasteiger partial charge >= 0.3 is 12.0 Å². The minimum absolute atomic E-state index is 0.0494. The van der Waals surface area contributed by atoms with Gasteiger partial charge in [-0.2, -0.15) is 10.5 Å². The Morgan fingerprint density at radius 1 is 0.921 bits per heavy atom. The number of carbonyl (C=O) groups is 2. The van der Waals surface area contributed by atoms with Crippen molar-refractivity contribution in [1.29, 1.82) is 10.5 Å². The molecule has 0 bridgehead atoms. The summed E-state index contributed by atoms with van der Waals surface area (Å²) in [5.74, 6) is 0.703. The highest BCUT2D eigenvalue weighted by Crippen LogP contribution is 2.34. The number of carbonyl (C=O) groups excluding carboxylic acids is 2. The summed E-state index contributed by atoms with van der Waals surface area (Å²) in [4.78, 5) is 26.2. The lowest BCUT2D eigenvalue weighted by Gasteiger charge is -2.29. The summed E-state index contributed by atoms with van der Waals surface area (Å²) < 4.78 is 16.5. The highest BCUT2D eigenvalue weighted by molar-refractivity contribution is 5.95. The lowest BCUT2D eigenvalue weighted by Crippen LogP contribution is -2.46. The van der Waals surface area contributed by atoms with Crippen LogP contribution in [-0.4, -0.2) is 18.8 Å². The van der Waals surface area contributed by atoms with Crippen LogP contribution in [0.2, 0.25) is 0 Å². The molecule has 0 saturated carbocycles. The summed E-state index contributed by atoms with van der Waals surface area (Å²) in [7, 11) is 0. The number of hydrogen-bond acceptors (Lipinski definition) is 7. The van der Waals surface area contributed by atoms with E-state index >= 15 is 0 Å². The van der Waals surface area contributed by atoms with E-state index in [-0.39, 0.29) is 19.0 Å². The van der Waals surface area contributed by atoms with Crippen molar-refractivity contribution >= 4 is 12.0 Å². The van der Waals surface area contributed by atoms with Crippen LogP contribution >= 0.6 is 0 Å². The van der Waals surface area contributed by atoms with Gasteiger partial charge in [-0.3, -0.25) is 0 Å². The van der Waals surface area contributed by atoms with E-state index in [1.807, 2.05) is 18.2 Å².